The van der Waals surface area contributed by atoms with Crippen molar-refractivity contribution in [3.63, 3.8) is 0 Å². The van der Waals surface area contributed by atoms with E-state index in [1.165, 1.54) is 30.6 Å². The van der Waals surface area contributed by atoms with Gasteiger partial charge in [0.15, 0.2) is 0 Å². The van der Waals surface area contributed by atoms with E-state index in [1.54, 1.807) is 0 Å². The summed E-state index contributed by atoms with van der Waals surface area (Å²) < 4.78 is 0. The molecule has 0 spiro atoms. The molecule has 2 aliphatic heterocycles. The van der Waals surface area contributed by atoms with E-state index in [0.29, 0.717) is 19.5 Å². The monoisotopic (exact) mass is 224 g/mol. The first-order chi connectivity index (χ1) is 7.77. The molecule has 0 aromatic rings. The first-order valence-electron chi connectivity index (χ1n) is 6.33. The van der Waals surface area contributed by atoms with Gasteiger partial charge in [0.05, 0.1) is 6.54 Å². The van der Waals surface area contributed by atoms with Gasteiger partial charge in [-0.2, -0.15) is 0 Å². The predicted octanol–water partition coefficient (Wildman–Crippen LogP) is 1.01. The molecule has 2 amide bonds. The van der Waals surface area contributed by atoms with Gasteiger partial charge in [0.2, 0.25) is 11.8 Å². The highest BCUT2D eigenvalue weighted by atomic mass is 16.2. The Morgan fingerprint density at radius 3 is 2.25 bits per heavy atom. The molecule has 90 valence electrons. The minimum atomic E-state index is 0.00407. The van der Waals surface area contributed by atoms with Crippen LogP contribution in [0.5, 0.6) is 0 Å². The van der Waals surface area contributed by atoms with Crippen LogP contribution in [0.4, 0.5) is 0 Å². The van der Waals surface area contributed by atoms with Gasteiger partial charge in [0.1, 0.15) is 0 Å². The number of rotatable bonds is 2. The van der Waals surface area contributed by atoms with Crippen LogP contribution in [0, 0.1) is 0 Å². The molecule has 4 heteroatoms. The van der Waals surface area contributed by atoms with E-state index in [2.05, 4.69) is 4.90 Å². The number of hydrogen-bond acceptors (Lipinski definition) is 3. The molecule has 0 aromatic carbocycles. The van der Waals surface area contributed by atoms with Crippen LogP contribution in [0.15, 0.2) is 0 Å². The van der Waals surface area contributed by atoms with Crippen LogP contribution in [0.3, 0.4) is 0 Å². The highest BCUT2D eigenvalue weighted by Crippen LogP contribution is 2.13. The van der Waals surface area contributed by atoms with Gasteiger partial charge >= 0.3 is 0 Å². The van der Waals surface area contributed by atoms with Gasteiger partial charge in [-0.15, -0.1) is 0 Å². The Kier molecular flexibility index (Phi) is 3.93. The van der Waals surface area contributed by atoms with Gasteiger partial charge in [-0.05, 0) is 32.4 Å². The summed E-state index contributed by atoms with van der Waals surface area (Å²) in [6, 6.07) is 0. The second-order valence-electron chi connectivity index (χ2n) is 4.73. The Bertz CT molecular complexity index is 270. The fraction of sp³-hybridized carbons (Fsp3) is 0.833. The molecular weight excluding hydrogens is 204 g/mol. The molecule has 0 aromatic heterocycles. The molecule has 0 aliphatic carbocycles. The molecule has 2 aliphatic rings. The number of carbonyl (C=O) groups is 2. The van der Waals surface area contributed by atoms with Crippen molar-refractivity contribution in [1.82, 2.24) is 9.80 Å². The fourth-order valence-electron chi connectivity index (χ4n) is 2.48. The quantitative estimate of drug-likeness (QED) is 0.703. The third-order valence-corrected chi connectivity index (χ3v) is 3.43. The normalized spacial score (nSPS) is 23.5. The lowest BCUT2D eigenvalue weighted by atomic mass is 10.2. The Labute approximate surface area is 96.6 Å². The van der Waals surface area contributed by atoms with Crippen molar-refractivity contribution >= 4 is 11.8 Å². The average molecular weight is 224 g/mol. The van der Waals surface area contributed by atoms with Crippen LogP contribution in [-0.4, -0.2) is 47.8 Å². The van der Waals surface area contributed by atoms with Gasteiger partial charge in [0, 0.05) is 13.0 Å². The first-order valence-corrected chi connectivity index (χ1v) is 6.33. The van der Waals surface area contributed by atoms with E-state index in [0.717, 1.165) is 19.5 Å². The molecule has 0 unspecified atom stereocenters. The third-order valence-electron chi connectivity index (χ3n) is 3.43. The minimum absolute atomic E-state index is 0.00407. The maximum atomic E-state index is 11.9. The summed E-state index contributed by atoms with van der Waals surface area (Å²) in [6.45, 7) is 3.08. The summed E-state index contributed by atoms with van der Waals surface area (Å²) in [5.41, 5.74) is 0. The van der Waals surface area contributed by atoms with Gasteiger partial charge in [-0.25, -0.2) is 0 Å². The largest absolute Gasteiger partial charge is 0.294 e. The van der Waals surface area contributed by atoms with Crippen molar-refractivity contribution in [2.24, 2.45) is 0 Å². The van der Waals surface area contributed by atoms with E-state index < -0.39 is 0 Å². The van der Waals surface area contributed by atoms with Crippen LogP contribution in [0.2, 0.25) is 0 Å². The van der Waals surface area contributed by atoms with Gasteiger partial charge < -0.3 is 0 Å². The number of amides is 2. The van der Waals surface area contributed by atoms with Crippen LogP contribution in [0.25, 0.3) is 0 Å². The molecule has 0 N–H and O–H groups in total. The maximum Gasteiger partial charge on any atom is 0.243 e. The van der Waals surface area contributed by atoms with Crippen molar-refractivity contribution in [3.05, 3.63) is 0 Å². The topological polar surface area (TPSA) is 40.6 Å². The molecule has 0 radical (unpaired) electrons. The summed E-state index contributed by atoms with van der Waals surface area (Å²) in [5.74, 6) is 0.0178. The molecule has 0 bridgehead atoms. The van der Waals surface area contributed by atoms with E-state index >= 15 is 0 Å². The van der Waals surface area contributed by atoms with Crippen LogP contribution < -0.4 is 0 Å². The average Bonchev–Trinajstić information content (AvgIpc) is 2.53. The number of carbonyl (C=O) groups excluding carboxylic acids is 2. The summed E-state index contributed by atoms with van der Waals surface area (Å²) >= 11 is 0. The van der Waals surface area contributed by atoms with Crippen LogP contribution in [0.1, 0.15) is 38.5 Å². The van der Waals surface area contributed by atoms with E-state index in [1.807, 2.05) is 0 Å². The zero-order chi connectivity index (χ0) is 11.4. The molecule has 4 nitrogen and oxygen atoms in total. The highest BCUT2D eigenvalue weighted by molar-refractivity contribution is 5.97. The number of nitrogens with zero attached hydrogens (tertiary/aromatic N) is 2. The Morgan fingerprint density at radius 1 is 1.00 bits per heavy atom. The number of hydrogen-bond donors (Lipinski definition) is 0. The van der Waals surface area contributed by atoms with Crippen molar-refractivity contribution in [2.45, 2.75) is 38.5 Å². The Hall–Kier alpha value is -0.900. The van der Waals surface area contributed by atoms with Crippen LogP contribution in [-0.2, 0) is 9.59 Å². The number of imide groups is 1. The molecule has 2 rings (SSSR count). The second-order valence-corrected chi connectivity index (χ2v) is 4.73. The van der Waals surface area contributed by atoms with Crippen molar-refractivity contribution in [2.75, 3.05) is 26.2 Å². The lowest BCUT2D eigenvalue weighted by molar-refractivity contribution is -0.142. The van der Waals surface area contributed by atoms with E-state index in [-0.39, 0.29) is 11.8 Å². The predicted molar refractivity (Wildman–Crippen MR) is 60.9 cm³/mol. The van der Waals surface area contributed by atoms with Gasteiger partial charge in [-0.1, -0.05) is 12.8 Å². The Balaban J connectivity index is 1.83. The zero-order valence-corrected chi connectivity index (χ0v) is 9.78. The van der Waals surface area contributed by atoms with Crippen molar-refractivity contribution in [1.29, 1.82) is 0 Å². The third kappa shape index (κ3) is 2.82. The standard InChI is InChI=1S/C12H20N2O2/c15-11-6-5-9-14(11)12(16)10-13-7-3-1-2-4-8-13/h1-10H2. The molecular formula is C12H20N2O2. The summed E-state index contributed by atoms with van der Waals surface area (Å²) in [6.07, 6.45) is 6.29. The fourth-order valence-corrected chi connectivity index (χ4v) is 2.48. The van der Waals surface area contributed by atoms with Crippen LogP contribution >= 0.6 is 0 Å². The number of likely N-dealkylation sites (tertiary alicyclic amines) is 2. The lowest BCUT2D eigenvalue weighted by Gasteiger charge is -2.22. The highest BCUT2D eigenvalue weighted by Gasteiger charge is 2.27. The van der Waals surface area contributed by atoms with Gasteiger partial charge in [0.25, 0.3) is 0 Å². The van der Waals surface area contributed by atoms with E-state index in [4.69, 9.17) is 0 Å². The molecule has 2 fully saturated rings. The summed E-state index contributed by atoms with van der Waals surface area (Å²) in [5, 5.41) is 0. The van der Waals surface area contributed by atoms with Crippen molar-refractivity contribution in [3.8, 4) is 0 Å². The molecule has 2 saturated heterocycles. The second kappa shape index (κ2) is 5.43. The Morgan fingerprint density at radius 2 is 1.69 bits per heavy atom. The molecule has 0 saturated carbocycles. The summed E-state index contributed by atoms with van der Waals surface area (Å²) in [4.78, 5) is 26.9. The van der Waals surface area contributed by atoms with Gasteiger partial charge in [-0.3, -0.25) is 19.4 Å². The van der Waals surface area contributed by atoms with Crippen molar-refractivity contribution < 1.29 is 9.59 Å². The SMILES string of the molecule is O=C1CCCN1C(=O)CN1CCCCCC1. The molecule has 16 heavy (non-hydrogen) atoms. The minimum Gasteiger partial charge on any atom is -0.294 e. The maximum absolute atomic E-state index is 11.9. The zero-order valence-electron chi connectivity index (χ0n) is 9.78. The molecule has 0 atom stereocenters. The first kappa shape index (κ1) is 11.6. The molecule has 2 heterocycles. The lowest BCUT2D eigenvalue weighted by Crippen LogP contribution is -2.41. The van der Waals surface area contributed by atoms with E-state index in [9.17, 15) is 9.59 Å². The summed E-state index contributed by atoms with van der Waals surface area (Å²) in [7, 11) is 0. The smallest absolute Gasteiger partial charge is 0.243 e.